The van der Waals surface area contributed by atoms with Crippen molar-refractivity contribution in [3.63, 3.8) is 0 Å². The molecule has 62 valence electrons. The van der Waals surface area contributed by atoms with Gasteiger partial charge in [-0.1, -0.05) is 11.6 Å². The van der Waals surface area contributed by atoms with Crippen molar-refractivity contribution >= 4 is 17.6 Å². The molecule has 0 aromatic heterocycles. The summed E-state index contributed by atoms with van der Waals surface area (Å²) < 4.78 is 17.5. The summed E-state index contributed by atoms with van der Waals surface area (Å²) in [6.07, 6.45) is 0. The Morgan fingerprint density at radius 1 is 1.50 bits per heavy atom. The maximum Gasteiger partial charge on any atom is 0.338 e. The Labute approximate surface area is 72.9 Å². The first-order valence-corrected chi connectivity index (χ1v) is 3.71. The SMILES string of the molecule is O=C1OCc2cc(F)c(Cl)cc21. The maximum absolute atomic E-state index is 12.8. The molecule has 0 aliphatic carbocycles. The van der Waals surface area contributed by atoms with Gasteiger partial charge in [-0.25, -0.2) is 9.18 Å². The van der Waals surface area contributed by atoms with Gasteiger partial charge in [0.2, 0.25) is 0 Å². The van der Waals surface area contributed by atoms with Gasteiger partial charge >= 0.3 is 5.97 Å². The van der Waals surface area contributed by atoms with Crippen LogP contribution < -0.4 is 0 Å². The molecular formula is C8H4ClFO2. The lowest BCUT2D eigenvalue weighted by Crippen LogP contribution is -1.93. The molecule has 1 aromatic rings. The number of carbonyl (C=O) groups is 1. The van der Waals surface area contributed by atoms with Crippen LogP contribution >= 0.6 is 11.6 Å². The minimum absolute atomic E-state index is 0.0485. The fourth-order valence-corrected chi connectivity index (χ4v) is 1.28. The molecule has 0 saturated carbocycles. The van der Waals surface area contributed by atoms with Crippen LogP contribution in [-0.2, 0) is 11.3 Å². The predicted octanol–water partition coefficient (Wildman–Crippen LogP) is 2.15. The summed E-state index contributed by atoms with van der Waals surface area (Å²) in [4.78, 5) is 10.9. The van der Waals surface area contributed by atoms with Gasteiger partial charge in [0.25, 0.3) is 0 Å². The second kappa shape index (κ2) is 2.45. The highest BCUT2D eigenvalue weighted by Gasteiger charge is 2.22. The number of rotatable bonds is 0. The molecule has 0 spiro atoms. The van der Waals surface area contributed by atoms with E-state index in [9.17, 15) is 9.18 Å². The zero-order valence-corrected chi connectivity index (χ0v) is 6.69. The third-order valence-electron chi connectivity index (χ3n) is 1.72. The second-order valence-corrected chi connectivity index (χ2v) is 2.91. The molecular weight excluding hydrogens is 183 g/mol. The average Bonchev–Trinajstić information content (AvgIpc) is 2.35. The first kappa shape index (κ1) is 7.55. The molecule has 1 heterocycles. The number of halogens is 2. The minimum atomic E-state index is -0.520. The fourth-order valence-electron chi connectivity index (χ4n) is 1.12. The number of ether oxygens (including phenoxy) is 1. The molecule has 0 fully saturated rings. The van der Waals surface area contributed by atoms with Crippen molar-refractivity contribution in [2.24, 2.45) is 0 Å². The number of esters is 1. The standard InChI is InChI=1S/C8H4ClFO2/c9-6-2-5-4(1-7(6)10)3-12-8(5)11/h1-2H,3H2. The third-order valence-corrected chi connectivity index (χ3v) is 2.01. The van der Waals surface area contributed by atoms with Crippen molar-refractivity contribution in [1.82, 2.24) is 0 Å². The van der Waals surface area contributed by atoms with E-state index in [0.717, 1.165) is 0 Å². The number of hydrogen-bond acceptors (Lipinski definition) is 2. The Hall–Kier alpha value is -1.09. The summed E-state index contributed by atoms with van der Waals surface area (Å²) in [6.45, 7) is 0.141. The number of fused-ring (bicyclic) bond motifs is 1. The smallest absolute Gasteiger partial charge is 0.338 e. The van der Waals surface area contributed by atoms with Crippen LogP contribution in [0.25, 0.3) is 0 Å². The molecule has 1 aliphatic heterocycles. The van der Waals surface area contributed by atoms with Crippen LogP contribution in [0.5, 0.6) is 0 Å². The lowest BCUT2D eigenvalue weighted by molar-refractivity contribution is 0.0535. The Morgan fingerprint density at radius 3 is 3.00 bits per heavy atom. The fraction of sp³-hybridized carbons (Fsp3) is 0.125. The Bertz CT molecular complexity index is 362. The molecule has 0 amide bonds. The molecule has 1 aliphatic rings. The van der Waals surface area contributed by atoms with Crippen LogP contribution in [0.4, 0.5) is 4.39 Å². The topological polar surface area (TPSA) is 26.3 Å². The number of hydrogen-bond donors (Lipinski definition) is 0. The van der Waals surface area contributed by atoms with Gasteiger partial charge in [-0.15, -0.1) is 0 Å². The Morgan fingerprint density at radius 2 is 2.25 bits per heavy atom. The molecule has 1 aromatic carbocycles. The molecule has 2 rings (SSSR count). The first-order chi connectivity index (χ1) is 5.68. The average molecular weight is 187 g/mol. The highest BCUT2D eigenvalue weighted by Crippen LogP contribution is 2.25. The van der Waals surface area contributed by atoms with E-state index >= 15 is 0 Å². The summed E-state index contributed by atoms with van der Waals surface area (Å²) in [5.74, 6) is -0.958. The molecule has 0 bridgehead atoms. The monoisotopic (exact) mass is 186 g/mol. The Kier molecular flexibility index (Phi) is 1.54. The van der Waals surface area contributed by atoms with E-state index in [4.69, 9.17) is 11.6 Å². The zero-order chi connectivity index (χ0) is 8.72. The van der Waals surface area contributed by atoms with Gasteiger partial charge < -0.3 is 4.74 Å². The van der Waals surface area contributed by atoms with Gasteiger partial charge in [0.05, 0.1) is 10.6 Å². The lowest BCUT2D eigenvalue weighted by atomic mass is 10.1. The molecule has 0 radical (unpaired) electrons. The van der Waals surface area contributed by atoms with Gasteiger partial charge in [-0.05, 0) is 12.1 Å². The van der Waals surface area contributed by atoms with Crippen LogP contribution in [-0.4, -0.2) is 5.97 Å². The zero-order valence-electron chi connectivity index (χ0n) is 5.93. The van der Waals surface area contributed by atoms with E-state index in [2.05, 4.69) is 4.74 Å². The summed E-state index contributed by atoms with van der Waals surface area (Å²) in [7, 11) is 0. The Balaban J connectivity index is 2.63. The summed E-state index contributed by atoms with van der Waals surface area (Å²) >= 11 is 5.47. The molecule has 0 unspecified atom stereocenters. The van der Waals surface area contributed by atoms with E-state index < -0.39 is 11.8 Å². The lowest BCUT2D eigenvalue weighted by Gasteiger charge is -1.95. The van der Waals surface area contributed by atoms with Crippen LogP contribution in [0.1, 0.15) is 15.9 Å². The van der Waals surface area contributed by atoms with Crippen LogP contribution in [0, 0.1) is 5.82 Å². The maximum atomic E-state index is 12.8. The quantitative estimate of drug-likeness (QED) is 0.581. The van der Waals surface area contributed by atoms with E-state index in [1.54, 1.807) is 0 Å². The van der Waals surface area contributed by atoms with Crippen molar-refractivity contribution in [3.8, 4) is 0 Å². The summed E-state index contributed by atoms with van der Waals surface area (Å²) in [6, 6.07) is 2.52. The van der Waals surface area contributed by atoms with Gasteiger partial charge in [0, 0.05) is 5.56 Å². The minimum Gasteiger partial charge on any atom is -0.457 e. The predicted molar refractivity (Wildman–Crippen MR) is 40.5 cm³/mol. The van der Waals surface area contributed by atoms with Crippen molar-refractivity contribution in [1.29, 1.82) is 0 Å². The molecule has 12 heavy (non-hydrogen) atoms. The largest absolute Gasteiger partial charge is 0.457 e. The number of benzene rings is 1. The van der Waals surface area contributed by atoms with Crippen LogP contribution in [0.2, 0.25) is 5.02 Å². The van der Waals surface area contributed by atoms with E-state index in [1.807, 2.05) is 0 Å². The summed E-state index contributed by atoms with van der Waals surface area (Å²) in [5.41, 5.74) is 0.920. The second-order valence-electron chi connectivity index (χ2n) is 2.50. The molecule has 0 atom stereocenters. The van der Waals surface area contributed by atoms with E-state index in [-0.39, 0.29) is 11.6 Å². The van der Waals surface area contributed by atoms with Gasteiger partial charge in [0.15, 0.2) is 0 Å². The van der Waals surface area contributed by atoms with Gasteiger partial charge in [0.1, 0.15) is 12.4 Å². The molecule has 4 heteroatoms. The number of cyclic esters (lactones) is 1. The van der Waals surface area contributed by atoms with Crippen molar-refractivity contribution in [2.45, 2.75) is 6.61 Å². The van der Waals surface area contributed by atoms with E-state index in [1.165, 1.54) is 12.1 Å². The van der Waals surface area contributed by atoms with Gasteiger partial charge in [-0.2, -0.15) is 0 Å². The highest BCUT2D eigenvalue weighted by atomic mass is 35.5. The van der Waals surface area contributed by atoms with Crippen molar-refractivity contribution in [3.05, 3.63) is 34.1 Å². The number of carbonyl (C=O) groups excluding carboxylic acids is 1. The molecule has 0 N–H and O–H groups in total. The van der Waals surface area contributed by atoms with Crippen LogP contribution in [0.15, 0.2) is 12.1 Å². The van der Waals surface area contributed by atoms with Crippen molar-refractivity contribution in [2.75, 3.05) is 0 Å². The van der Waals surface area contributed by atoms with Crippen LogP contribution in [0.3, 0.4) is 0 Å². The van der Waals surface area contributed by atoms with Crippen molar-refractivity contribution < 1.29 is 13.9 Å². The molecule has 0 saturated heterocycles. The first-order valence-electron chi connectivity index (χ1n) is 3.33. The van der Waals surface area contributed by atoms with E-state index in [0.29, 0.717) is 11.1 Å². The van der Waals surface area contributed by atoms with Gasteiger partial charge in [-0.3, -0.25) is 0 Å². The normalized spacial score (nSPS) is 14.3. The summed E-state index contributed by atoms with van der Waals surface area (Å²) in [5, 5.41) is -0.0485. The molecule has 2 nitrogen and oxygen atoms in total. The third kappa shape index (κ3) is 0.975. The highest BCUT2D eigenvalue weighted by molar-refractivity contribution is 6.31.